The van der Waals surface area contributed by atoms with Gasteiger partial charge < -0.3 is 5.41 Å². The minimum Gasteiger partial charge on any atom is -0.308 e. The highest BCUT2D eigenvalue weighted by atomic mass is 14.3. The van der Waals surface area contributed by atoms with Gasteiger partial charge in [0.15, 0.2) is 0 Å². The summed E-state index contributed by atoms with van der Waals surface area (Å²) in [7, 11) is 0. The molecule has 0 fully saturated rings. The van der Waals surface area contributed by atoms with E-state index in [1.807, 2.05) is 32.0 Å². The summed E-state index contributed by atoms with van der Waals surface area (Å²) in [5.74, 6) is 0. The van der Waals surface area contributed by atoms with Crippen LogP contribution in [0.1, 0.15) is 13.8 Å². The first-order valence-electron chi connectivity index (χ1n) is 4.02. The number of rotatable bonds is 1. The third-order valence-corrected chi connectivity index (χ3v) is 1.91. The normalized spacial score (nSPS) is 14.3. The molecule has 12 heavy (non-hydrogen) atoms. The molecule has 0 amide bonds. The van der Waals surface area contributed by atoms with Gasteiger partial charge in [0, 0.05) is 6.21 Å². The molecule has 1 N–H and O–H groups in total. The fraction of sp³-hybridized carbons (Fsp3) is 0.182. The van der Waals surface area contributed by atoms with Gasteiger partial charge in [0.05, 0.1) is 0 Å². The highest BCUT2D eigenvalue weighted by Gasteiger charge is 1.86. The standard InChI is InChI=1S/C11H13N/c1-3-10-6-4-5-7-11(10)9(2)8-12/h3-8,12H,1-2H3/b10-3-,11-9-,12-8?. The van der Waals surface area contributed by atoms with Crippen molar-refractivity contribution in [3.63, 3.8) is 0 Å². The first-order chi connectivity index (χ1) is 5.79. The van der Waals surface area contributed by atoms with Gasteiger partial charge >= 0.3 is 0 Å². The van der Waals surface area contributed by atoms with Crippen LogP contribution >= 0.6 is 0 Å². The Hall–Kier alpha value is -1.37. The lowest BCUT2D eigenvalue weighted by Crippen LogP contribution is -2.25. The maximum atomic E-state index is 7.14. The Kier molecular flexibility index (Phi) is 2.81. The third kappa shape index (κ3) is 1.62. The Labute approximate surface area is 72.6 Å². The lowest BCUT2D eigenvalue weighted by atomic mass is 10.1. The van der Waals surface area contributed by atoms with Gasteiger partial charge in [0.2, 0.25) is 0 Å². The zero-order valence-corrected chi connectivity index (χ0v) is 7.46. The van der Waals surface area contributed by atoms with Crippen LogP contribution in [0.15, 0.2) is 24.3 Å². The van der Waals surface area contributed by atoms with E-state index in [9.17, 15) is 0 Å². The van der Waals surface area contributed by atoms with E-state index in [2.05, 4.69) is 12.1 Å². The van der Waals surface area contributed by atoms with Crippen molar-refractivity contribution in [2.45, 2.75) is 13.8 Å². The largest absolute Gasteiger partial charge is 0.308 e. The molecular formula is C11H13N. The van der Waals surface area contributed by atoms with Crippen LogP contribution in [0.5, 0.6) is 0 Å². The summed E-state index contributed by atoms with van der Waals surface area (Å²) >= 11 is 0. The van der Waals surface area contributed by atoms with Crippen molar-refractivity contribution in [2.24, 2.45) is 0 Å². The second-order valence-electron chi connectivity index (χ2n) is 2.70. The lowest BCUT2D eigenvalue weighted by molar-refractivity contribution is 1.47. The molecule has 0 aliphatic carbocycles. The SMILES string of the molecule is C/C=c1/cccc/c1=C(\C)C=N. The van der Waals surface area contributed by atoms with Crippen molar-refractivity contribution >= 4 is 17.9 Å². The average Bonchev–Trinajstić information content (AvgIpc) is 2.16. The summed E-state index contributed by atoms with van der Waals surface area (Å²) in [6.45, 7) is 3.96. The average molecular weight is 159 g/mol. The van der Waals surface area contributed by atoms with E-state index < -0.39 is 0 Å². The molecule has 1 aromatic carbocycles. The van der Waals surface area contributed by atoms with Crippen molar-refractivity contribution in [2.75, 3.05) is 0 Å². The molecule has 1 aromatic rings. The first-order valence-corrected chi connectivity index (χ1v) is 4.02. The maximum absolute atomic E-state index is 7.14. The Morgan fingerprint density at radius 1 is 1.33 bits per heavy atom. The monoisotopic (exact) mass is 159 g/mol. The highest BCUT2D eigenvalue weighted by Crippen LogP contribution is 1.81. The van der Waals surface area contributed by atoms with Crippen LogP contribution in [0, 0.1) is 5.41 Å². The van der Waals surface area contributed by atoms with Gasteiger partial charge in [-0.05, 0) is 29.9 Å². The van der Waals surface area contributed by atoms with E-state index in [1.165, 1.54) is 11.4 Å². The number of hydrogen-bond acceptors (Lipinski definition) is 1. The molecule has 0 radical (unpaired) electrons. The van der Waals surface area contributed by atoms with Crippen molar-refractivity contribution in [3.05, 3.63) is 34.7 Å². The molecule has 0 aromatic heterocycles. The maximum Gasteiger partial charge on any atom is 0.0213 e. The molecule has 0 aliphatic rings. The van der Waals surface area contributed by atoms with E-state index in [0.717, 1.165) is 10.8 Å². The van der Waals surface area contributed by atoms with Crippen molar-refractivity contribution < 1.29 is 0 Å². The molecule has 62 valence electrons. The van der Waals surface area contributed by atoms with Gasteiger partial charge in [0.25, 0.3) is 0 Å². The second kappa shape index (κ2) is 3.86. The molecule has 0 unspecified atom stereocenters. The van der Waals surface area contributed by atoms with Gasteiger partial charge in [-0.1, -0.05) is 30.3 Å². The minimum absolute atomic E-state index is 1.00. The van der Waals surface area contributed by atoms with Crippen LogP contribution in [0.2, 0.25) is 0 Å². The van der Waals surface area contributed by atoms with Crippen LogP contribution in [0.25, 0.3) is 11.6 Å². The molecule has 1 heteroatoms. The lowest BCUT2D eigenvalue weighted by Gasteiger charge is -1.92. The van der Waals surface area contributed by atoms with E-state index in [0.29, 0.717) is 0 Å². The first kappa shape index (κ1) is 8.72. The highest BCUT2D eigenvalue weighted by molar-refractivity contribution is 5.98. The van der Waals surface area contributed by atoms with E-state index in [-0.39, 0.29) is 0 Å². The molecule has 0 bridgehead atoms. The zero-order chi connectivity index (χ0) is 8.97. The predicted molar refractivity (Wildman–Crippen MR) is 53.7 cm³/mol. The van der Waals surface area contributed by atoms with E-state index in [4.69, 9.17) is 5.41 Å². The van der Waals surface area contributed by atoms with Gasteiger partial charge in [-0.3, -0.25) is 0 Å². The molecular weight excluding hydrogens is 146 g/mol. The second-order valence-corrected chi connectivity index (χ2v) is 2.70. The van der Waals surface area contributed by atoms with Crippen molar-refractivity contribution in [1.82, 2.24) is 0 Å². The van der Waals surface area contributed by atoms with Crippen molar-refractivity contribution in [3.8, 4) is 0 Å². The molecule has 0 saturated heterocycles. The van der Waals surface area contributed by atoms with Crippen molar-refractivity contribution in [1.29, 1.82) is 5.41 Å². The van der Waals surface area contributed by atoms with Crippen LogP contribution in [-0.2, 0) is 0 Å². The number of benzene rings is 1. The van der Waals surface area contributed by atoms with Crippen LogP contribution < -0.4 is 10.4 Å². The Morgan fingerprint density at radius 3 is 2.58 bits per heavy atom. The summed E-state index contributed by atoms with van der Waals surface area (Å²) in [5.41, 5.74) is 1.00. The summed E-state index contributed by atoms with van der Waals surface area (Å²) < 4.78 is 0. The fourth-order valence-corrected chi connectivity index (χ4v) is 1.19. The smallest absolute Gasteiger partial charge is 0.0213 e. The Bertz CT molecular complexity index is 388. The number of hydrogen-bond donors (Lipinski definition) is 1. The van der Waals surface area contributed by atoms with Gasteiger partial charge in [-0.2, -0.15) is 0 Å². The van der Waals surface area contributed by atoms with Gasteiger partial charge in [0.1, 0.15) is 0 Å². The molecule has 0 aliphatic heterocycles. The molecule has 0 heterocycles. The molecule has 1 rings (SSSR count). The third-order valence-electron chi connectivity index (χ3n) is 1.91. The topological polar surface area (TPSA) is 23.9 Å². The van der Waals surface area contributed by atoms with Gasteiger partial charge in [-0.15, -0.1) is 0 Å². The minimum atomic E-state index is 1.00. The summed E-state index contributed by atoms with van der Waals surface area (Å²) in [6.07, 6.45) is 3.45. The van der Waals surface area contributed by atoms with Gasteiger partial charge in [-0.25, -0.2) is 0 Å². The fourth-order valence-electron chi connectivity index (χ4n) is 1.19. The number of nitrogens with one attached hydrogen (secondary N) is 1. The van der Waals surface area contributed by atoms with Crippen LogP contribution in [-0.4, -0.2) is 6.21 Å². The predicted octanol–water partition coefficient (Wildman–Crippen LogP) is 1.31. The Morgan fingerprint density at radius 2 is 2.00 bits per heavy atom. The van der Waals surface area contributed by atoms with E-state index in [1.54, 1.807) is 0 Å². The van der Waals surface area contributed by atoms with Crippen LogP contribution in [0.3, 0.4) is 0 Å². The molecule has 0 spiro atoms. The Balaban J connectivity index is 3.65. The molecule has 0 atom stereocenters. The summed E-state index contributed by atoms with van der Waals surface area (Å²) in [4.78, 5) is 0. The summed E-state index contributed by atoms with van der Waals surface area (Å²) in [6, 6.07) is 8.10. The summed E-state index contributed by atoms with van der Waals surface area (Å²) in [5, 5.41) is 9.48. The van der Waals surface area contributed by atoms with E-state index >= 15 is 0 Å². The molecule has 0 saturated carbocycles. The quantitative estimate of drug-likeness (QED) is 0.597. The molecule has 1 nitrogen and oxygen atoms in total. The zero-order valence-electron chi connectivity index (χ0n) is 7.46. The van der Waals surface area contributed by atoms with Crippen LogP contribution in [0.4, 0.5) is 0 Å².